The third-order valence-electron chi connectivity index (χ3n) is 3.30. The van der Waals surface area contributed by atoms with Gasteiger partial charge in [0.1, 0.15) is 0 Å². The minimum absolute atomic E-state index is 0.175. The van der Waals surface area contributed by atoms with E-state index in [1.807, 2.05) is 19.1 Å². The molecule has 120 valence electrons. The van der Waals surface area contributed by atoms with Crippen LogP contribution >= 0.6 is 0 Å². The number of ether oxygens (including phenoxy) is 1. The second-order valence-electron chi connectivity index (χ2n) is 5.04. The first kappa shape index (κ1) is 16.5. The molecule has 0 aliphatic rings. The number of nitrogens with zero attached hydrogens (tertiary/aromatic N) is 3. The lowest BCUT2D eigenvalue weighted by Gasteiger charge is -2.14. The van der Waals surface area contributed by atoms with Crippen molar-refractivity contribution < 1.29 is 9.53 Å². The van der Waals surface area contributed by atoms with E-state index in [9.17, 15) is 4.79 Å². The lowest BCUT2D eigenvalue weighted by atomic mass is 10.1. The predicted octanol–water partition coefficient (Wildman–Crippen LogP) is 2.28. The van der Waals surface area contributed by atoms with E-state index in [1.54, 1.807) is 36.3 Å². The Hall–Kier alpha value is -2.85. The fourth-order valence-corrected chi connectivity index (χ4v) is 2.03. The van der Waals surface area contributed by atoms with Gasteiger partial charge in [0.25, 0.3) is 0 Å². The number of benzene rings is 1. The van der Waals surface area contributed by atoms with Gasteiger partial charge in [0, 0.05) is 13.3 Å². The Morgan fingerprint density at radius 3 is 2.83 bits per heavy atom. The molecule has 0 spiro atoms. The normalized spacial score (nSPS) is 11.5. The van der Waals surface area contributed by atoms with Gasteiger partial charge < -0.3 is 15.4 Å². The molecule has 2 rings (SSSR count). The Kier molecular flexibility index (Phi) is 5.72. The highest BCUT2D eigenvalue weighted by molar-refractivity contribution is 5.89. The number of anilines is 1. The van der Waals surface area contributed by atoms with Gasteiger partial charge in [-0.3, -0.25) is 4.68 Å². The van der Waals surface area contributed by atoms with Crippen LogP contribution in [0.5, 0.6) is 0 Å². The molecule has 1 heterocycles. The SMILES string of the molecule is COCCn1cc(NC(=O)N[C@@H](C)c2ccc(C#N)cc2)cn1. The van der Waals surface area contributed by atoms with Crippen LogP contribution in [0.3, 0.4) is 0 Å². The van der Waals surface area contributed by atoms with Crippen molar-refractivity contribution in [2.24, 2.45) is 0 Å². The summed E-state index contributed by atoms with van der Waals surface area (Å²) < 4.78 is 6.67. The Morgan fingerprint density at radius 2 is 2.17 bits per heavy atom. The maximum absolute atomic E-state index is 12.0. The highest BCUT2D eigenvalue weighted by atomic mass is 16.5. The maximum atomic E-state index is 12.0. The number of nitrogens with one attached hydrogen (secondary N) is 2. The highest BCUT2D eigenvalue weighted by Gasteiger charge is 2.10. The van der Waals surface area contributed by atoms with Crippen LogP contribution in [0.2, 0.25) is 0 Å². The second kappa shape index (κ2) is 7.96. The summed E-state index contributed by atoms with van der Waals surface area (Å²) >= 11 is 0. The highest BCUT2D eigenvalue weighted by Crippen LogP contribution is 2.13. The summed E-state index contributed by atoms with van der Waals surface area (Å²) in [4.78, 5) is 12.0. The molecule has 1 aromatic carbocycles. The average Bonchev–Trinajstić information content (AvgIpc) is 3.00. The predicted molar refractivity (Wildman–Crippen MR) is 85.8 cm³/mol. The van der Waals surface area contributed by atoms with Crippen molar-refractivity contribution in [3.05, 3.63) is 47.8 Å². The first-order valence-corrected chi connectivity index (χ1v) is 7.21. The molecule has 0 radical (unpaired) electrons. The van der Waals surface area contributed by atoms with Gasteiger partial charge >= 0.3 is 6.03 Å². The molecule has 0 fully saturated rings. The van der Waals surface area contributed by atoms with Crippen LogP contribution in [-0.2, 0) is 11.3 Å². The van der Waals surface area contributed by atoms with E-state index in [0.717, 1.165) is 5.56 Å². The molecule has 0 aliphatic heterocycles. The third-order valence-corrected chi connectivity index (χ3v) is 3.30. The van der Waals surface area contributed by atoms with Crippen LogP contribution in [0.15, 0.2) is 36.7 Å². The number of hydrogen-bond acceptors (Lipinski definition) is 4. The average molecular weight is 313 g/mol. The zero-order valence-electron chi connectivity index (χ0n) is 13.1. The van der Waals surface area contributed by atoms with Gasteiger partial charge in [0.15, 0.2) is 0 Å². The van der Waals surface area contributed by atoms with E-state index in [0.29, 0.717) is 24.4 Å². The summed E-state index contributed by atoms with van der Waals surface area (Å²) in [5.41, 5.74) is 2.13. The Morgan fingerprint density at radius 1 is 1.43 bits per heavy atom. The van der Waals surface area contributed by atoms with Gasteiger partial charge in [-0.2, -0.15) is 10.4 Å². The Bertz CT molecular complexity index is 687. The summed E-state index contributed by atoms with van der Waals surface area (Å²) in [5.74, 6) is 0. The van der Waals surface area contributed by atoms with Crippen LogP contribution in [0, 0.1) is 11.3 Å². The van der Waals surface area contributed by atoms with Crippen LogP contribution in [0.25, 0.3) is 0 Å². The van der Waals surface area contributed by atoms with E-state index in [4.69, 9.17) is 10.00 Å². The molecule has 0 unspecified atom stereocenters. The molecule has 2 N–H and O–H groups in total. The molecule has 1 aromatic heterocycles. The number of methoxy groups -OCH3 is 1. The zero-order valence-corrected chi connectivity index (χ0v) is 13.1. The van der Waals surface area contributed by atoms with Crippen LogP contribution in [0.1, 0.15) is 24.1 Å². The van der Waals surface area contributed by atoms with Crippen molar-refractivity contribution in [3.8, 4) is 6.07 Å². The first-order valence-electron chi connectivity index (χ1n) is 7.21. The second-order valence-corrected chi connectivity index (χ2v) is 5.04. The van der Waals surface area contributed by atoms with Crippen molar-refractivity contribution in [2.45, 2.75) is 19.5 Å². The number of amides is 2. The number of rotatable bonds is 6. The molecule has 0 saturated carbocycles. The number of carbonyl (C=O) groups excluding carboxylic acids is 1. The summed E-state index contributed by atoms with van der Waals surface area (Å²) in [5, 5.41) is 18.5. The first-order chi connectivity index (χ1) is 11.1. The van der Waals surface area contributed by atoms with E-state index < -0.39 is 0 Å². The molecule has 0 saturated heterocycles. The van der Waals surface area contributed by atoms with Crippen molar-refractivity contribution in [1.82, 2.24) is 15.1 Å². The smallest absolute Gasteiger partial charge is 0.319 e. The molecule has 0 bridgehead atoms. The van der Waals surface area contributed by atoms with Crippen molar-refractivity contribution in [1.29, 1.82) is 5.26 Å². The van der Waals surface area contributed by atoms with Gasteiger partial charge in [-0.15, -0.1) is 0 Å². The molecule has 0 aliphatic carbocycles. The lowest BCUT2D eigenvalue weighted by molar-refractivity contribution is 0.183. The zero-order chi connectivity index (χ0) is 16.7. The number of hydrogen-bond donors (Lipinski definition) is 2. The number of aromatic nitrogens is 2. The van der Waals surface area contributed by atoms with Gasteiger partial charge in [-0.05, 0) is 24.6 Å². The summed E-state index contributed by atoms with van der Waals surface area (Å²) in [6.07, 6.45) is 3.33. The molecule has 7 heteroatoms. The van der Waals surface area contributed by atoms with Gasteiger partial charge in [0.05, 0.1) is 42.7 Å². The fourth-order valence-electron chi connectivity index (χ4n) is 2.03. The number of urea groups is 1. The van der Waals surface area contributed by atoms with Crippen molar-refractivity contribution in [3.63, 3.8) is 0 Å². The molecule has 7 nitrogen and oxygen atoms in total. The molecular formula is C16H19N5O2. The lowest BCUT2D eigenvalue weighted by Crippen LogP contribution is -2.31. The topological polar surface area (TPSA) is 92.0 Å². The molecule has 2 amide bonds. The standard InChI is InChI=1S/C16H19N5O2/c1-12(14-5-3-13(9-17)4-6-14)19-16(22)20-15-10-18-21(11-15)7-8-23-2/h3-6,10-12H,7-8H2,1-2H3,(H2,19,20,22)/t12-/m0/s1. The van der Waals surface area contributed by atoms with E-state index in [-0.39, 0.29) is 12.1 Å². The number of carbonyl (C=O) groups is 1. The molecule has 1 atom stereocenters. The third kappa shape index (κ3) is 4.83. The van der Waals surface area contributed by atoms with E-state index in [1.165, 1.54) is 0 Å². The molecular weight excluding hydrogens is 294 g/mol. The monoisotopic (exact) mass is 313 g/mol. The van der Waals surface area contributed by atoms with Gasteiger partial charge in [0.2, 0.25) is 0 Å². The molecule has 2 aromatic rings. The number of nitriles is 1. The van der Waals surface area contributed by atoms with Crippen LogP contribution < -0.4 is 10.6 Å². The van der Waals surface area contributed by atoms with E-state index in [2.05, 4.69) is 21.8 Å². The van der Waals surface area contributed by atoms with Gasteiger partial charge in [-0.1, -0.05) is 12.1 Å². The van der Waals surface area contributed by atoms with Crippen LogP contribution in [-0.4, -0.2) is 29.5 Å². The quantitative estimate of drug-likeness (QED) is 0.856. The summed E-state index contributed by atoms with van der Waals surface area (Å²) in [6.45, 7) is 3.06. The minimum atomic E-state index is -0.312. The Labute approximate surface area is 134 Å². The largest absolute Gasteiger partial charge is 0.383 e. The Balaban J connectivity index is 1.88. The van der Waals surface area contributed by atoms with Crippen molar-refractivity contribution in [2.75, 3.05) is 19.0 Å². The summed E-state index contributed by atoms with van der Waals surface area (Å²) in [7, 11) is 1.63. The van der Waals surface area contributed by atoms with Crippen LogP contribution in [0.4, 0.5) is 10.5 Å². The van der Waals surface area contributed by atoms with Gasteiger partial charge in [-0.25, -0.2) is 4.79 Å². The molecule has 23 heavy (non-hydrogen) atoms. The van der Waals surface area contributed by atoms with Crippen molar-refractivity contribution >= 4 is 11.7 Å². The minimum Gasteiger partial charge on any atom is -0.383 e. The maximum Gasteiger partial charge on any atom is 0.319 e. The summed E-state index contributed by atoms with van der Waals surface area (Å²) in [6, 6.07) is 8.69. The fraction of sp³-hybridized carbons (Fsp3) is 0.312. The van der Waals surface area contributed by atoms with E-state index >= 15 is 0 Å².